The number of hydrogen-bond donors (Lipinski definition) is 2. The topological polar surface area (TPSA) is 80.3 Å². The molecule has 2 amide bonds. The van der Waals surface area contributed by atoms with E-state index in [0.717, 1.165) is 15.2 Å². The molecule has 0 aliphatic rings. The van der Waals surface area contributed by atoms with Crippen LogP contribution in [-0.4, -0.2) is 29.4 Å². The molecule has 1 atom stereocenters. The number of amides is 2. The predicted octanol–water partition coefficient (Wildman–Crippen LogP) is 4.40. The van der Waals surface area contributed by atoms with Crippen LogP contribution in [0.3, 0.4) is 0 Å². The van der Waals surface area contributed by atoms with Gasteiger partial charge in [-0.1, -0.05) is 26.0 Å². The lowest BCUT2D eigenvalue weighted by Crippen LogP contribution is -2.47. The molecular formula is C22H25N3O3S. The molecule has 2 aromatic carbocycles. The summed E-state index contributed by atoms with van der Waals surface area (Å²) in [5, 5.41) is 6.74. The van der Waals surface area contributed by atoms with Crippen LogP contribution in [-0.2, 0) is 4.79 Å². The number of rotatable bonds is 7. The third-order valence-corrected chi connectivity index (χ3v) is 5.36. The Morgan fingerprint density at radius 1 is 1.17 bits per heavy atom. The van der Waals surface area contributed by atoms with Gasteiger partial charge >= 0.3 is 0 Å². The molecule has 0 saturated heterocycles. The lowest BCUT2D eigenvalue weighted by Gasteiger charge is -2.22. The Hall–Kier alpha value is -2.93. The Labute approximate surface area is 174 Å². The van der Waals surface area contributed by atoms with Gasteiger partial charge < -0.3 is 15.4 Å². The minimum atomic E-state index is -0.684. The molecule has 0 aliphatic heterocycles. The molecule has 0 bridgehead atoms. The van der Waals surface area contributed by atoms with Crippen LogP contribution < -0.4 is 15.4 Å². The molecule has 0 saturated carbocycles. The standard InChI is InChI=1S/C22H25N3O3S/c1-5-28-18-9-7-6-8-16(18)21(26)25-20(13(2)3)22(27)24-15-10-11-17-19(12-15)29-14(4)23-17/h6-13,20H,5H2,1-4H3,(H,24,27)(H,25,26)/t20-/m0/s1. The van der Waals surface area contributed by atoms with E-state index in [1.165, 1.54) is 0 Å². The zero-order valence-corrected chi connectivity index (χ0v) is 17.8. The number of carbonyl (C=O) groups is 2. The first kappa shape index (κ1) is 20.8. The van der Waals surface area contributed by atoms with E-state index in [2.05, 4.69) is 15.6 Å². The number of aromatic nitrogens is 1. The van der Waals surface area contributed by atoms with E-state index < -0.39 is 6.04 Å². The number of thiazole rings is 1. The fraction of sp³-hybridized carbons (Fsp3) is 0.318. The van der Waals surface area contributed by atoms with Gasteiger partial charge in [0, 0.05) is 5.69 Å². The third kappa shape index (κ3) is 4.92. The van der Waals surface area contributed by atoms with Gasteiger partial charge in [0.25, 0.3) is 5.91 Å². The summed E-state index contributed by atoms with van der Waals surface area (Å²) in [6.45, 7) is 8.06. The van der Waals surface area contributed by atoms with Gasteiger partial charge in [-0.15, -0.1) is 11.3 Å². The van der Waals surface area contributed by atoms with Crippen molar-refractivity contribution in [2.45, 2.75) is 33.7 Å². The lowest BCUT2D eigenvalue weighted by atomic mass is 10.0. The van der Waals surface area contributed by atoms with Gasteiger partial charge in [-0.3, -0.25) is 9.59 Å². The summed E-state index contributed by atoms with van der Waals surface area (Å²) in [5.41, 5.74) is 2.00. The Balaban J connectivity index is 1.76. The molecule has 0 aliphatic carbocycles. The number of benzene rings is 2. The molecule has 0 fully saturated rings. The van der Waals surface area contributed by atoms with Crippen molar-refractivity contribution in [1.29, 1.82) is 0 Å². The van der Waals surface area contributed by atoms with E-state index in [1.807, 2.05) is 52.0 Å². The Morgan fingerprint density at radius 2 is 1.93 bits per heavy atom. The molecule has 152 valence electrons. The van der Waals surface area contributed by atoms with Crippen LogP contribution in [0.2, 0.25) is 0 Å². The maximum absolute atomic E-state index is 12.9. The van der Waals surface area contributed by atoms with Crippen molar-refractivity contribution in [2.24, 2.45) is 5.92 Å². The number of hydrogen-bond acceptors (Lipinski definition) is 5. The molecule has 0 radical (unpaired) electrons. The molecule has 7 heteroatoms. The van der Waals surface area contributed by atoms with Crippen molar-refractivity contribution >= 4 is 39.1 Å². The summed E-state index contributed by atoms with van der Waals surface area (Å²) < 4.78 is 6.54. The largest absolute Gasteiger partial charge is 0.493 e. The first-order chi connectivity index (χ1) is 13.9. The van der Waals surface area contributed by atoms with Gasteiger partial charge in [-0.25, -0.2) is 4.98 Å². The van der Waals surface area contributed by atoms with E-state index >= 15 is 0 Å². The van der Waals surface area contributed by atoms with Crippen LogP contribution >= 0.6 is 11.3 Å². The molecule has 0 spiro atoms. The lowest BCUT2D eigenvalue weighted by molar-refractivity contribution is -0.118. The number of para-hydroxylation sites is 1. The maximum atomic E-state index is 12.9. The fourth-order valence-electron chi connectivity index (χ4n) is 3.03. The highest BCUT2D eigenvalue weighted by Crippen LogP contribution is 2.25. The minimum Gasteiger partial charge on any atom is -0.493 e. The van der Waals surface area contributed by atoms with Crippen molar-refractivity contribution in [3.8, 4) is 5.75 Å². The van der Waals surface area contributed by atoms with Crippen LogP contribution in [0.1, 0.15) is 36.1 Å². The summed E-state index contributed by atoms with van der Waals surface area (Å²) in [6.07, 6.45) is 0. The van der Waals surface area contributed by atoms with Crippen molar-refractivity contribution in [2.75, 3.05) is 11.9 Å². The quantitative estimate of drug-likeness (QED) is 0.604. The van der Waals surface area contributed by atoms with Gasteiger partial charge in [-0.2, -0.15) is 0 Å². The summed E-state index contributed by atoms with van der Waals surface area (Å²) in [4.78, 5) is 30.1. The number of nitrogens with zero attached hydrogens (tertiary/aromatic N) is 1. The maximum Gasteiger partial charge on any atom is 0.255 e. The number of nitrogens with one attached hydrogen (secondary N) is 2. The van der Waals surface area contributed by atoms with Crippen LogP contribution in [0.15, 0.2) is 42.5 Å². The molecule has 3 rings (SSSR count). The monoisotopic (exact) mass is 411 g/mol. The highest BCUT2D eigenvalue weighted by atomic mass is 32.1. The summed E-state index contributed by atoms with van der Waals surface area (Å²) >= 11 is 1.58. The van der Waals surface area contributed by atoms with Gasteiger partial charge in [0.05, 0.1) is 27.4 Å². The second-order valence-corrected chi connectivity index (χ2v) is 8.26. The Morgan fingerprint density at radius 3 is 2.66 bits per heavy atom. The summed E-state index contributed by atoms with van der Waals surface area (Å²) in [6, 6.07) is 11.9. The number of fused-ring (bicyclic) bond motifs is 1. The van der Waals surface area contributed by atoms with Crippen LogP contribution in [0, 0.1) is 12.8 Å². The Bertz CT molecular complexity index is 1030. The summed E-state index contributed by atoms with van der Waals surface area (Å²) in [7, 11) is 0. The molecule has 29 heavy (non-hydrogen) atoms. The van der Waals surface area contributed by atoms with Gasteiger partial charge in [0.2, 0.25) is 5.91 Å². The number of anilines is 1. The normalized spacial score (nSPS) is 12.0. The zero-order valence-electron chi connectivity index (χ0n) is 17.0. The number of carbonyl (C=O) groups excluding carboxylic acids is 2. The first-order valence-corrected chi connectivity index (χ1v) is 10.4. The predicted molar refractivity (Wildman–Crippen MR) is 117 cm³/mol. The first-order valence-electron chi connectivity index (χ1n) is 9.59. The van der Waals surface area contributed by atoms with Gasteiger partial charge in [-0.05, 0) is 50.1 Å². The third-order valence-electron chi connectivity index (χ3n) is 4.43. The second kappa shape index (κ2) is 9.05. The van der Waals surface area contributed by atoms with E-state index in [1.54, 1.807) is 29.5 Å². The van der Waals surface area contributed by atoms with Crippen LogP contribution in [0.25, 0.3) is 10.2 Å². The summed E-state index contributed by atoms with van der Waals surface area (Å²) in [5.74, 6) is -0.187. The fourth-order valence-corrected chi connectivity index (χ4v) is 3.89. The SMILES string of the molecule is CCOc1ccccc1C(=O)N[C@H](C(=O)Nc1ccc2nc(C)sc2c1)C(C)C. The minimum absolute atomic E-state index is 0.0902. The molecule has 1 heterocycles. The van der Waals surface area contributed by atoms with Gasteiger partial charge in [0.15, 0.2) is 0 Å². The highest BCUT2D eigenvalue weighted by Gasteiger charge is 2.26. The molecule has 2 N–H and O–H groups in total. The smallest absolute Gasteiger partial charge is 0.255 e. The van der Waals surface area contributed by atoms with Gasteiger partial charge in [0.1, 0.15) is 11.8 Å². The second-order valence-electron chi connectivity index (χ2n) is 7.03. The Kier molecular flexibility index (Phi) is 6.49. The number of aryl methyl sites for hydroxylation is 1. The van der Waals surface area contributed by atoms with Crippen molar-refractivity contribution in [3.63, 3.8) is 0 Å². The molecule has 3 aromatic rings. The highest BCUT2D eigenvalue weighted by molar-refractivity contribution is 7.18. The molecule has 6 nitrogen and oxygen atoms in total. The van der Waals surface area contributed by atoms with Crippen LogP contribution in [0.4, 0.5) is 5.69 Å². The zero-order chi connectivity index (χ0) is 21.0. The number of ether oxygens (including phenoxy) is 1. The molecule has 1 aromatic heterocycles. The van der Waals surface area contributed by atoms with E-state index in [-0.39, 0.29) is 17.7 Å². The van der Waals surface area contributed by atoms with Crippen molar-refractivity contribution in [3.05, 3.63) is 53.0 Å². The van der Waals surface area contributed by atoms with Crippen molar-refractivity contribution in [1.82, 2.24) is 10.3 Å². The average Bonchev–Trinajstić information content (AvgIpc) is 3.05. The van der Waals surface area contributed by atoms with Crippen LogP contribution in [0.5, 0.6) is 5.75 Å². The van der Waals surface area contributed by atoms with E-state index in [9.17, 15) is 9.59 Å². The average molecular weight is 412 g/mol. The van der Waals surface area contributed by atoms with Crippen molar-refractivity contribution < 1.29 is 14.3 Å². The molecular weight excluding hydrogens is 386 g/mol. The molecule has 0 unspecified atom stereocenters. The van der Waals surface area contributed by atoms with E-state index in [0.29, 0.717) is 23.6 Å². The van der Waals surface area contributed by atoms with E-state index in [4.69, 9.17) is 4.74 Å².